The zero-order valence-corrected chi connectivity index (χ0v) is 16.2. The molecule has 2 aromatic carbocycles. The van der Waals surface area contributed by atoms with Crippen molar-refractivity contribution in [3.63, 3.8) is 0 Å². The van der Waals surface area contributed by atoms with Gasteiger partial charge >= 0.3 is 0 Å². The smallest absolute Gasteiger partial charge is 0.257 e. The number of carbonyl (C=O) groups is 1. The van der Waals surface area contributed by atoms with E-state index >= 15 is 0 Å². The van der Waals surface area contributed by atoms with Crippen LogP contribution in [0.1, 0.15) is 22.3 Å². The molecule has 144 valence electrons. The Labute approximate surface area is 161 Å². The molecule has 1 amide bonds. The maximum absolute atomic E-state index is 12.8. The molecule has 1 saturated heterocycles. The normalized spacial score (nSPS) is 14.8. The van der Waals surface area contributed by atoms with E-state index in [1.54, 1.807) is 14.2 Å². The molecule has 27 heavy (non-hydrogen) atoms. The van der Waals surface area contributed by atoms with Crippen molar-refractivity contribution in [2.45, 2.75) is 12.8 Å². The highest BCUT2D eigenvalue weighted by molar-refractivity contribution is 5.97. The van der Waals surface area contributed by atoms with Gasteiger partial charge in [-0.3, -0.25) is 9.69 Å². The minimum absolute atomic E-state index is 0.0588. The van der Waals surface area contributed by atoms with Gasteiger partial charge < -0.3 is 14.4 Å². The summed E-state index contributed by atoms with van der Waals surface area (Å²) in [4.78, 5) is 17.1. The van der Waals surface area contributed by atoms with E-state index in [9.17, 15) is 4.79 Å². The predicted octanol–water partition coefficient (Wildman–Crippen LogP) is 3.09. The van der Waals surface area contributed by atoms with Gasteiger partial charge in [0.15, 0.2) is 0 Å². The summed E-state index contributed by atoms with van der Waals surface area (Å²) >= 11 is 0. The molecule has 1 aliphatic rings. The number of hydrogen-bond acceptors (Lipinski definition) is 4. The third-order valence-corrected chi connectivity index (χ3v) is 5.07. The summed E-state index contributed by atoms with van der Waals surface area (Å²) < 4.78 is 10.6. The van der Waals surface area contributed by atoms with Gasteiger partial charge in [0.1, 0.15) is 11.5 Å². The van der Waals surface area contributed by atoms with E-state index < -0.39 is 0 Å². The Bertz CT molecular complexity index is 755. The van der Waals surface area contributed by atoms with Crippen molar-refractivity contribution in [3.05, 3.63) is 59.7 Å². The molecule has 1 fully saturated rings. The molecule has 1 heterocycles. The molecular weight excluding hydrogens is 340 g/mol. The van der Waals surface area contributed by atoms with Crippen LogP contribution in [0, 0.1) is 0 Å². The van der Waals surface area contributed by atoms with E-state index in [0.29, 0.717) is 11.3 Å². The van der Waals surface area contributed by atoms with Crippen molar-refractivity contribution in [3.8, 4) is 11.5 Å². The van der Waals surface area contributed by atoms with Gasteiger partial charge in [0.25, 0.3) is 5.91 Å². The molecule has 5 heteroatoms. The number of para-hydroxylation sites is 1. The molecule has 0 bridgehead atoms. The summed E-state index contributed by atoms with van der Waals surface area (Å²) in [7, 11) is 3.30. The van der Waals surface area contributed by atoms with E-state index in [0.717, 1.165) is 51.3 Å². The van der Waals surface area contributed by atoms with Gasteiger partial charge in [-0.2, -0.15) is 0 Å². The topological polar surface area (TPSA) is 42.0 Å². The van der Waals surface area contributed by atoms with Crippen LogP contribution in [-0.4, -0.2) is 62.7 Å². The largest absolute Gasteiger partial charge is 0.497 e. The first-order chi connectivity index (χ1) is 13.2. The average Bonchev–Trinajstić information content (AvgIpc) is 2.74. The summed E-state index contributed by atoms with van der Waals surface area (Å²) in [6.45, 7) is 4.40. The second-order valence-electron chi connectivity index (χ2n) is 6.79. The zero-order chi connectivity index (χ0) is 19.1. The Hall–Kier alpha value is -2.53. The molecule has 0 aromatic heterocycles. The molecule has 0 aliphatic carbocycles. The summed E-state index contributed by atoms with van der Waals surface area (Å²) in [5, 5.41) is 0. The third-order valence-electron chi connectivity index (χ3n) is 5.07. The van der Waals surface area contributed by atoms with Crippen LogP contribution in [0.2, 0.25) is 0 Å². The molecule has 0 spiro atoms. The van der Waals surface area contributed by atoms with Gasteiger partial charge in [0.05, 0.1) is 19.8 Å². The van der Waals surface area contributed by atoms with Crippen LogP contribution in [-0.2, 0) is 6.42 Å². The van der Waals surface area contributed by atoms with Crippen LogP contribution < -0.4 is 9.47 Å². The van der Waals surface area contributed by atoms with Gasteiger partial charge in [-0.1, -0.05) is 24.3 Å². The lowest BCUT2D eigenvalue weighted by Crippen LogP contribution is -2.48. The first-order valence-electron chi connectivity index (χ1n) is 9.49. The Balaban J connectivity index is 1.45. The van der Waals surface area contributed by atoms with Crippen LogP contribution in [0.3, 0.4) is 0 Å². The highest BCUT2D eigenvalue weighted by Gasteiger charge is 2.23. The molecule has 0 saturated carbocycles. The molecule has 5 nitrogen and oxygen atoms in total. The van der Waals surface area contributed by atoms with Crippen LogP contribution in [0.4, 0.5) is 0 Å². The van der Waals surface area contributed by atoms with E-state index in [2.05, 4.69) is 17.0 Å². The second kappa shape index (κ2) is 9.42. The summed E-state index contributed by atoms with van der Waals surface area (Å²) in [6.07, 6.45) is 2.14. The maximum atomic E-state index is 12.8. The highest BCUT2D eigenvalue weighted by Crippen LogP contribution is 2.20. The predicted molar refractivity (Wildman–Crippen MR) is 107 cm³/mol. The van der Waals surface area contributed by atoms with Crippen LogP contribution >= 0.6 is 0 Å². The van der Waals surface area contributed by atoms with Crippen LogP contribution in [0.15, 0.2) is 48.5 Å². The van der Waals surface area contributed by atoms with Crippen molar-refractivity contribution in [2.24, 2.45) is 0 Å². The van der Waals surface area contributed by atoms with Crippen molar-refractivity contribution in [2.75, 3.05) is 46.9 Å². The van der Waals surface area contributed by atoms with Crippen molar-refractivity contribution in [1.82, 2.24) is 9.80 Å². The van der Waals surface area contributed by atoms with Gasteiger partial charge in [0.2, 0.25) is 0 Å². The number of piperazine rings is 1. The second-order valence-corrected chi connectivity index (χ2v) is 6.79. The van der Waals surface area contributed by atoms with E-state index in [-0.39, 0.29) is 5.91 Å². The molecule has 0 radical (unpaired) electrons. The van der Waals surface area contributed by atoms with Crippen LogP contribution in [0.25, 0.3) is 0 Å². The molecule has 0 unspecified atom stereocenters. The van der Waals surface area contributed by atoms with Crippen molar-refractivity contribution in [1.29, 1.82) is 0 Å². The quantitative estimate of drug-likeness (QED) is 0.753. The lowest BCUT2D eigenvalue weighted by molar-refractivity contribution is 0.0633. The van der Waals surface area contributed by atoms with Crippen molar-refractivity contribution < 1.29 is 14.3 Å². The minimum Gasteiger partial charge on any atom is -0.497 e. The summed E-state index contributed by atoms with van der Waals surface area (Å²) in [5.41, 5.74) is 1.95. The van der Waals surface area contributed by atoms with Gasteiger partial charge in [0, 0.05) is 26.2 Å². The lowest BCUT2D eigenvalue weighted by Gasteiger charge is -2.35. The van der Waals surface area contributed by atoms with E-state index in [4.69, 9.17) is 9.47 Å². The molecule has 3 rings (SSSR count). The molecule has 2 aromatic rings. The number of rotatable bonds is 7. The van der Waals surface area contributed by atoms with Crippen molar-refractivity contribution >= 4 is 5.91 Å². The average molecular weight is 368 g/mol. The Morgan fingerprint density at radius 3 is 2.48 bits per heavy atom. The number of benzene rings is 2. The van der Waals surface area contributed by atoms with Gasteiger partial charge in [-0.25, -0.2) is 0 Å². The highest BCUT2D eigenvalue weighted by atomic mass is 16.5. The Kier molecular flexibility index (Phi) is 6.71. The summed E-state index contributed by atoms with van der Waals surface area (Å²) in [6, 6.07) is 15.7. The molecular formula is C22H28N2O3. The number of ether oxygens (including phenoxy) is 2. The lowest BCUT2D eigenvalue weighted by atomic mass is 10.1. The number of carbonyl (C=O) groups excluding carboxylic acids is 1. The zero-order valence-electron chi connectivity index (χ0n) is 16.2. The number of methoxy groups -OCH3 is 2. The van der Waals surface area contributed by atoms with Gasteiger partial charge in [-0.15, -0.1) is 0 Å². The number of nitrogens with zero attached hydrogens (tertiary/aromatic N) is 2. The third kappa shape index (κ3) is 5.01. The maximum Gasteiger partial charge on any atom is 0.257 e. The Morgan fingerprint density at radius 2 is 1.74 bits per heavy atom. The minimum atomic E-state index is 0.0588. The molecule has 0 N–H and O–H groups in total. The monoisotopic (exact) mass is 368 g/mol. The van der Waals surface area contributed by atoms with Gasteiger partial charge in [-0.05, 0) is 49.2 Å². The van der Waals surface area contributed by atoms with E-state index in [1.807, 2.05) is 41.3 Å². The SMILES string of the molecule is COc1cccc(CCCN2CCN(C(=O)c3ccccc3OC)CC2)c1. The molecule has 1 aliphatic heterocycles. The first-order valence-corrected chi connectivity index (χ1v) is 9.49. The fraction of sp³-hybridized carbons (Fsp3) is 0.409. The fourth-order valence-electron chi connectivity index (χ4n) is 3.50. The van der Waals surface area contributed by atoms with Crippen LogP contribution in [0.5, 0.6) is 11.5 Å². The fourth-order valence-corrected chi connectivity index (χ4v) is 3.50. The number of hydrogen-bond donors (Lipinski definition) is 0. The Morgan fingerprint density at radius 1 is 0.963 bits per heavy atom. The molecule has 0 atom stereocenters. The number of amides is 1. The number of aryl methyl sites for hydroxylation is 1. The van der Waals surface area contributed by atoms with E-state index in [1.165, 1.54) is 5.56 Å². The summed E-state index contributed by atoms with van der Waals surface area (Å²) in [5.74, 6) is 1.61. The first kappa shape index (κ1) is 19.2. The standard InChI is InChI=1S/C22H28N2O3/c1-26-19-9-5-7-18(17-19)8-6-12-23-13-15-24(16-14-23)22(25)20-10-3-4-11-21(20)27-2/h3-5,7,9-11,17H,6,8,12-16H2,1-2H3.